The average molecular weight is 694 g/mol. The summed E-state index contributed by atoms with van der Waals surface area (Å²) < 4.78 is 13.2. The van der Waals surface area contributed by atoms with E-state index in [-0.39, 0.29) is 5.41 Å². The summed E-state index contributed by atoms with van der Waals surface area (Å²) in [6.07, 6.45) is 0. The van der Waals surface area contributed by atoms with Gasteiger partial charge in [-0.1, -0.05) is 135 Å². The first-order chi connectivity index (χ1) is 26.5. The molecule has 1 aliphatic carbocycles. The van der Waals surface area contributed by atoms with Crippen LogP contribution in [0.25, 0.3) is 77.3 Å². The fourth-order valence-electron chi connectivity index (χ4n) is 8.93. The van der Waals surface area contributed by atoms with Crippen molar-refractivity contribution in [1.29, 1.82) is 0 Å². The molecule has 0 aliphatic heterocycles. The van der Waals surface area contributed by atoms with Gasteiger partial charge in [0.25, 0.3) is 0 Å². The van der Waals surface area contributed by atoms with Gasteiger partial charge in [-0.15, -0.1) is 0 Å². The number of para-hydroxylation sites is 1. The largest absolute Gasteiger partial charge is 0.456 e. The first kappa shape index (κ1) is 30.8. The van der Waals surface area contributed by atoms with Gasteiger partial charge in [0.2, 0.25) is 0 Å². The van der Waals surface area contributed by atoms with Crippen LogP contribution < -0.4 is 4.90 Å². The highest BCUT2D eigenvalue weighted by Gasteiger charge is 2.38. The lowest BCUT2D eigenvalue weighted by atomic mass is 9.81. The molecule has 0 N–H and O–H groups in total. The van der Waals surface area contributed by atoms with E-state index in [4.69, 9.17) is 8.83 Å². The Morgan fingerprint density at radius 2 is 1.00 bits per heavy atom. The van der Waals surface area contributed by atoms with Crippen LogP contribution in [0.5, 0.6) is 0 Å². The number of fused-ring (bicyclic) bond motifs is 9. The van der Waals surface area contributed by atoms with Crippen LogP contribution in [0.2, 0.25) is 0 Å². The number of anilines is 3. The highest BCUT2D eigenvalue weighted by atomic mass is 16.3. The van der Waals surface area contributed by atoms with Gasteiger partial charge in [-0.05, 0) is 99.1 Å². The molecule has 0 atom stereocenters. The van der Waals surface area contributed by atoms with E-state index < -0.39 is 0 Å². The summed E-state index contributed by atoms with van der Waals surface area (Å²) in [4.78, 5) is 2.45. The molecule has 0 bridgehead atoms. The van der Waals surface area contributed by atoms with Crippen LogP contribution in [0.3, 0.4) is 0 Å². The van der Waals surface area contributed by atoms with Crippen LogP contribution in [-0.4, -0.2) is 0 Å². The summed E-state index contributed by atoms with van der Waals surface area (Å²) in [5.74, 6) is 0. The predicted molar refractivity (Wildman–Crippen MR) is 224 cm³/mol. The number of rotatable bonds is 5. The maximum Gasteiger partial charge on any atom is 0.137 e. The Morgan fingerprint density at radius 3 is 1.74 bits per heavy atom. The van der Waals surface area contributed by atoms with Gasteiger partial charge >= 0.3 is 0 Å². The molecule has 2 heterocycles. The fraction of sp³-hybridized carbons (Fsp3) is 0.0588. The minimum atomic E-state index is -0.218. The molecule has 0 saturated heterocycles. The highest BCUT2D eigenvalue weighted by Crippen LogP contribution is 2.55. The predicted octanol–water partition coefficient (Wildman–Crippen LogP) is 14.6. The number of nitrogens with zero attached hydrogens (tertiary/aromatic N) is 1. The van der Waals surface area contributed by atoms with Crippen molar-refractivity contribution in [3.05, 3.63) is 187 Å². The maximum atomic E-state index is 6.65. The van der Waals surface area contributed by atoms with E-state index in [2.05, 4.69) is 189 Å². The number of benzene rings is 8. The highest BCUT2D eigenvalue weighted by molar-refractivity contribution is 6.18. The van der Waals surface area contributed by atoms with Crippen molar-refractivity contribution in [3.63, 3.8) is 0 Å². The van der Waals surface area contributed by atoms with Crippen molar-refractivity contribution in [2.45, 2.75) is 19.3 Å². The second-order valence-electron chi connectivity index (χ2n) is 14.9. The number of furan rings is 2. The molecule has 11 rings (SSSR count). The van der Waals surface area contributed by atoms with Gasteiger partial charge in [0, 0.05) is 21.9 Å². The molecule has 3 nitrogen and oxygen atoms in total. The molecule has 10 aromatic rings. The lowest BCUT2D eigenvalue weighted by molar-refractivity contribution is 0.660. The summed E-state index contributed by atoms with van der Waals surface area (Å²) in [5, 5.41) is 4.31. The molecular formula is C51H35NO2. The first-order valence-corrected chi connectivity index (χ1v) is 18.6. The third-order valence-corrected chi connectivity index (χ3v) is 11.5. The maximum absolute atomic E-state index is 6.65. The van der Waals surface area contributed by atoms with Gasteiger partial charge in [0.1, 0.15) is 22.3 Å². The van der Waals surface area contributed by atoms with Crippen molar-refractivity contribution in [2.75, 3.05) is 4.90 Å². The van der Waals surface area contributed by atoms with Crippen LogP contribution >= 0.6 is 0 Å². The van der Waals surface area contributed by atoms with E-state index >= 15 is 0 Å². The van der Waals surface area contributed by atoms with Gasteiger partial charge in [-0.3, -0.25) is 0 Å². The van der Waals surface area contributed by atoms with Crippen LogP contribution in [0.1, 0.15) is 25.0 Å². The second kappa shape index (κ2) is 11.6. The minimum absolute atomic E-state index is 0.218. The fourth-order valence-corrected chi connectivity index (χ4v) is 8.93. The molecule has 256 valence electrons. The van der Waals surface area contributed by atoms with E-state index in [1.807, 2.05) is 6.07 Å². The van der Waals surface area contributed by atoms with Crippen molar-refractivity contribution in [2.24, 2.45) is 0 Å². The summed E-state index contributed by atoms with van der Waals surface area (Å²) in [5.41, 5.74) is 16.4. The third-order valence-electron chi connectivity index (χ3n) is 11.5. The Morgan fingerprint density at radius 1 is 0.407 bits per heavy atom. The Hall–Kier alpha value is -6.84. The summed E-state index contributed by atoms with van der Waals surface area (Å²) >= 11 is 0. The van der Waals surface area contributed by atoms with E-state index in [0.717, 1.165) is 66.5 Å². The van der Waals surface area contributed by atoms with Crippen molar-refractivity contribution >= 4 is 60.9 Å². The van der Waals surface area contributed by atoms with E-state index in [1.54, 1.807) is 0 Å². The van der Waals surface area contributed by atoms with Crippen molar-refractivity contribution in [3.8, 4) is 33.4 Å². The molecule has 3 heteroatoms. The molecule has 8 aromatic carbocycles. The quantitative estimate of drug-likeness (QED) is 0.180. The number of hydrogen-bond acceptors (Lipinski definition) is 3. The molecule has 54 heavy (non-hydrogen) atoms. The molecule has 0 amide bonds. The SMILES string of the molecule is CC1(C)c2ccccc2-c2c(-c3ccccc3)cc(N(c3cccc4oc5ccccc5c34)c3cccc4oc5ccc(-c6ccccc6)cc5c34)cc21. The zero-order chi connectivity index (χ0) is 36.0. The minimum Gasteiger partial charge on any atom is -0.456 e. The normalized spacial score (nSPS) is 13.1. The standard InChI is InChI=1S/C51H35NO2/c1-51(2)40-21-11-9-19-36(40)48-38(33-17-7-4-8-18-33)30-35(31-41(48)51)52(42-22-13-25-46-49(42)37-20-10-12-24-44(37)53-46)43-23-14-26-47-50(43)39-29-34(27-28-45(39)54-47)32-15-5-3-6-16-32/h3-31H,1-2H3. The smallest absolute Gasteiger partial charge is 0.137 e. The van der Waals surface area contributed by atoms with Gasteiger partial charge in [-0.2, -0.15) is 0 Å². The van der Waals surface area contributed by atoms with Crippen LogP contribution in [0, 0.1) is 0 Å². The number of hydrogen-bond donors (Lipinski definition) is 0. The van der Waals surface area contributed by atoms with E-state index in [9.17, 15) is 0 Å². The van der Waals surface area contributed by atoms with Crippen LogP contribution in [0.4, 0.5) is 17.1 Å². The Kier molecular flexibility index (Phi) is 6.60. The summed E-state index contributed by atoms with van der Waals surface area (Å²) in [7, 11) is 0. The Labute approximate surface area is 313 Å². The molecule has 0 saturated carbocycles. The van der Waals surface area contributed by atoms with Crippen LogP contribution in [-0.2, 0) is 5.41 Å². The molecule has 0 unspecified atom stereocenters. The van der Waals surface area contributed by atoms with Gasteiger partial charge in [0.15, 0.2) is 0 Å². The third kappa shape index (κ3) is 4.48. The summed E-state index contributed by atoms with van der Waals surface area (Å²) in [6, 6.07) is 62.9. The lowest BCUT2D eigenvalue weighted by Gasteiger charge is -2.30. The van der Waals surface area contributed by atoms with Crippen molar-refractivity contribution < 1.29 is 8.83 Å². The van der Waals surface area contributed by atoms with Gasteiger partial charge < -0.3 is 13.7 Å². The molecule has 0 fully saturated rings. The Balaban J connectivity index is 1.27. The second-order valence-corrected chi connectivity index (χ2v) is 14.9. The van der Waals surface area contributed by atoms with E-state index in [1.165, 1.54) is 38.9 Å². The van der Waals surface area contributed by atoms with Crippen molar-refractivity contribution in [1.82, 2.24) is 0 Å². The molecule has 1 aliphatic rings. The Bertz CT molecular complexity index is 3080. The zero-order valence-corrected chi connectivity index (χ0v) is 30.0. The topological polar surface area (TPSA) is 29.5 Å². The van der Waals surface area contributed by atoms with Crippen LogP contribution in [0.15, 0.2) is 185 Å². The van der Waals surface area contributed by atoms with Gasteiger partial charge in [-0.25, -0.2) is 0 Å². The molecule has 0 radical (unpaired) electrons. The lowest BCUT2D eigenvalue weighted by Crippen LogP contribution is -2.17. The first-order valence-electron chi connectivity index (χ1n) is 18.6. The summed E-state index contributed by atoms with van der Waals surface area (Å²) in [6.45, 7) is 4.72. The monoisotopic (exact) mass is 693 g/mol. The zero-order valence-electron chi connectivity index (χ0n) is 30.0. The van der Waals surface area contributed by atoms with E-state index in [0.29, 0.717) is 0 Å². The average Bonchev–Trinajstić information content (AvgIpc) is 3.87. The van der Waals surface area contributed by atoms with Gasteiger partial charge in [0.05, 0.1) is 22.1 Å². The molecule has 2 aromatic heterocycles. The molecular weight excluding hydrogens is 659 g/mol. The molecule has 0 spiro atoms.